The summed E-state index contributed by atoms with van der Waals surface area (Å²) in [6, 6.07) is -0.334. The number of nitrogens with one attached hydrogen (secondary N) is 2. The molecule has 1 heterocycles. The first-order valence-corrected chi connectivity index (χ1v) is 5.97. The maximum Gasteiger partial charge on any atom is 0.322 e. The Morgan fingerprint density at radius 2 is 1.75 bits per heavy atom. The second-order valence-electron chi connectivity index (χ2n) is 6.13. The molecule has 2 fully saturated rings. The van der Waals surface area contributed by atoms with Gasteiger partial charge >= 0.3 is 6.03 Å². The van der Waals surface area contributed by atoms with Gasteiger partial charge in [0.2, 0.25) is 0 Å². The van der Waals surface area contributed by atoms with Crippen molar-refractivity contribution in [2.24, 2.45) is 11.3 Å². The van der Waals surface area contributed by atoms with Gasteiger partial charge in [-0.05, 0) is 37.0 Å². The van der Waals surface area contributed by atoms with Crippen molar-refractivity contribution in [3.05, 3.63) is 0 Å². The fourth-order valence-electron chi connectivity index (χ4n) is 2.86. The van der Waals surface area contributed by atoms with Crippen LogP contribution in [0.15, 0.2) is 0 Å². The Bertz CT molecular complexity index is 322. The number of hydrogen-bond donors (Lipinski definition) is 2. The average Bonchev–Trinajstić information content (AvgIpc) is 2.41. The predicted molar refractivity (Wildman–Crippen MR) is 60.8 cm³/mol. The zero-order chi connectivity index (χ0) is 12.0. The standard InChI is InChI=1S/C12H20N2O2/c1-11(2,3)8-4-6-12(7-5-8)9(15)13-10(16)14-12/h8H,4-7H2,1-3H3,(H2,13,14,15,16)/t8-,12+. The molecule has 1 aliphatic carbocycles. The Balaban J connectivity index is 2.05. The Morgan fingerprint density at radius 3 is 2.12 bits per heavy atom. The van der Waals surface area contributed by atoms with Crippen LogP contribution in [0.2, 0.25) is 0 Å². The maximum atomic E-state index is 11.7. The largest absolute Gasteiger partial charge is 0.323 e. The lowest BCUT2D eigenvalue weighted by Gasteiger charge is -2.40. The van der Waals surface area contributed by atoms with E-state index in [9.17, 15) is 9.59 Å². The van der Waals surface area contributed by atoms with E-state index in [4.69, 9.17) is 0 Å². The summed E-state index contributed by atoms with van der Waals surface area (Å²) < 4.78 is 0. The number of rotatable bonds is 0. The lowest BCUT2D eigenvalue weighted by Crippen LogP contribution is -2.50. The quantitative estimate of drug-likeness (QED) is 0.616. The van der Waals surface area contributed by atoms with Crippen LogP contribution in [0.25, 0.3) is 0 Å². The Morgan fingerprint density at radius 1 is 1.19 bits per heavy atom. The molecule has 3 amide bonds. The van der Waals surface area contributed by atoms with Gasteiger partial charge in [0.1, 0.15) is 5.54 Å². The summed E-state index contributed by atoms with van der Waals surface area (Å²) in [5.41, 5.74) is -0.306. The monoisotopic (exact) mass is 224 g/mol. The normalized spacial score (nSPS) is 35.1. The number of hydrogen-bond acceptors (Lipinski definition) is 2. The molecule has 90 valence electrons. The Hall–Kier alpha value is -1.06. The molecule has 1 saturated carbocycles. The maximum absolute atomic E-state index is 11.7. The lowest BCUT2D eigenvalue weighted by atomic mass is 9.67. The SMILES string of the molecule is CC(C)(C)[C@H]1CC[C@]2(CC1)NC(=O)NC2=O. The fraction of sp³-hybridized carbons (Fsp3) is 0.833. The van der Waals surface area contributed by atoms with E-state index in [0.29, 0.717) is 11.3 Å². The van der Waals surface area contributed by atoms with Crippen LogP contribution in [0.4, 0.5) is 4.79 Å². The van der Waals surface area contributed by atoms with Gasteiger partial charge < -0.3 is 5.32 Å². The molecule has 0 bridgehead atoms. The van der Waals surface area contributed by atoms with Gasteiger partial charge in [-0.2, -0.15) is 0 Å². The van der Waals surface area contributed by atoms with E-state index in [2.05, 4.69) is 31.4 Å². The number of urea groups is 1. The van der Waals surface area contributed by atoms with Crippen molar-refractivity contribution in [3.8, 4) is 0 Å². The van der Waals surface area contributed by atoms with Crippen LogP contribution in [0, 0.1) is 11.3 Å². The molecule has 4 heteroatoms. The second kappa shape index (κ2) is 3.47. The number of imide groups is 1. The molecule has 16 heavy (non-hydrogen) atoms. The lowest BCUT2D eigenvalue weighted by molar-refractivity contribution is -0.125. The molecule has 2 rings (SSSR count). The second-order valence-corrected chi connectivity index (χ2v) is 6.13. The van der Waals surface area contributed by atoms with E-state index < -0.39 is 5.54 Å². The molecule has 1 saturated heterocycles. The zero-order valence-electron chi connectivity index (χ0n) is 10.2. The van der Waals surface area contributed by atoms with Gasteiger partial charge in [-0.1, -0.05) is 20.8 Å². The van der Waals surface area contributed by atoms with Crippen molar-refractivity contribution in [1.82, 2.24) is 10.6 Å². The van der Waals surface area contributed by atoms with Gasteiger partial charge in [0.05, 0.1) is 0 Å². The third kappa shape index (κ3) is 1.81. The highest BCUT2D eigenvalue weighted by molar-refractivity contribution is 6.07. The topological polar surface area (TPSA) is 58.2 Å². The zero-order valence-corrected chi connectivity index (χ0v) is 10.2. The van der Waals surface area contributed by atoms with Crippen molar-refractivity contribution >= 4 is 11.9 Å². The first-order valence-electron chi connectivity index (χ1n) is 5.97. The fourth-order valence-corrected chi connectivity index (χ4v) is 2.86. The summed E-state index contributed by atoms with van der Waals surface area (Å²) in [6.07, 6.45) is 3.56. The van der Waals surface area contributed by atoms with Crippen LogP contribution < -0.4 is 10.6 Å². The van der Waals surface area contributed by atoms with Crippen molar-refractivity contribution in [2.45, 2.75) is 52.0 Å². The molecule has 0 aromatic heterocycles. The van der Waals surface area contributed by atoms with Gasteiger partial charge in [-0.3, -0.25) is 10.1 Å². The first kappa shape index (κ1) is 11.4. The number of carbonyl (C=O) groups is 2. The minimum Gasteiger partial charge on any atom is -0.323 e. The number of carbonyl (C=O) groups excluding carboxylic acids is 2. The third-order valence-corrected chi connectivity index (χ3v) is 4.08. The highest BCUT2D eigenvalue weighted by Crippen LogP contribution is 2.42. The smallest absolute Gasteiger partial charge is 0.322 e. The summed E-state index contributed by atoms with van der Waals surface area (Å²) >= 11 is 0. The number of amides is 3. The summed E-state index contributed by atoms with van der Waals surface area (Å²) in [4.78, 5) is 22.9. The Kier molecular flexibility index (Phi) is 2.48. The van der Waals surface area contributed by atoms with E-state index >= 15 is 0 Å². The van der Waals surface area contributed by atoms with Gasteiger partial charge in [-0.25, -0.2) is 4.79 Å². The molecule has 0 aromatic carbocycles. The highest BCUT2D eigenvalue weighted by Gasteiger charge is 2.49. The Labute approximate surface area is 96.2 Å². The minimum absolute atomic E-state index is 0.134. The average molecular weight is 224 g/mol. The molecular weight excluding hydrogens is 204 g/mol. The molecule has 4 nitrogen and oxygen atoms in total. The molecule has 2 aliphatic rings. The minimum atomic E-state index is -0.598. The van der Waals surface area contributed by atoms with Crippen LogP contribution in [-0.4, -0.2) is 17.5 Å². The van der Waals surface area contributed by atoms with Crippen LogP contribution >= 0.6 is 0 Å². The highest BCUT2D eigenvalue weighted by atomic mass is 16.2. The molecule has 2 N–H and O–H groups in total. The van der Waals surface area contributed by atoms with E-state index in [1.54, 1.807) is 0 Å². The van der Waals surface area contributed by atoms with Crippen molar-refractivity contribution in [1.29, 1.82) is 0 Å². The summed E-state index contributed by atoms with van der Waals surface area (Å²) in [5, 5.41) is 5.13. The van der Waals surface area contributed by atoms with Crippen molar-refractivity contribution in [2.75, 3.05) is 0 Å². The van der Waals surface area contributed by atoms with E-state index in [1.807, 2.05) is 0 Å². The van der Waals surface area contributed by atoms with Crippen LogP contribution in [-0.2, 0) is 4.79 Å². The van der Waals surface area contributed by atoms with Gasteiger partial charge in [0, 0.05) is 0 Å². The van der Waals surface area contributed by atoms with E-state index in [-0.39, 0.29) is 11.9 Å². The van der Waals surface area contributed by atoms with Crippen LogP contribution in [0.5, 0.6) is 0 Å². The summed E-state index contributed by atoms with van der Waals surface area (Å²) in [5.74, 6) is 0.508. The molecule has 1 aliphatic heterocycles. The molecule has 0 radical (unpaired) electrons. The first-order chi connectivity index (χ1) is 7.33. The molecule has 0 atom stereocenters. The van der Waals surface area contributed by atoms with Gasteiger partial charge in [0.15, 0.2) is 0 Å². The molecule has 0 unspecified atom stereocenters. The molecule has 0 aromatic rings. The van der Waals surface area contributed by atoms with Crippen LogP contribution in [0.3, 0.4) is 0 Å². The van der Waals surface area contributed by atoms with Crippen molar-refractivity contribution < 1.29 is 9.59 Å². The van der Waals surface area contributed by atoms with E-state index in [1.165, 1.54) is 0 Å². The summed E-state index contributed by atoms with van der Waals surface area (Å²) in [7, 11) is 0. The predicted octanol–water partition coefficient (Wildman–Crippen LogP) is 1.80. The van der Waals surface area contributed by atoms with Gasteiger partial charge in [0.25, 0.3) is 5.91 Å². The molecule has 1 spiro atoms. The van der Waals surface area contributed by atoms with Crippen molar-refractivity contribution in [3.63, 3.8) is 0 Å². The van der Waals surface area contributed by atoms with Gasteiger partial charge in [-0.15, -0.1) is 0 Å². The van der Waals surface area contributed by atoms with E-state index in [0.717, 1.165) is 25.7 Å². The van der Waals surface area contributed by atoms with Crippen LogP contribution in [0.1, 0.15) is 46.5 Å². The third-order valence-electron chi connectivity index (χ3n) is 4.08. The summed E-state index contributed by atoms with van der Waals surface area (Å²) in [6.45, 7) is 6.72. The molecular formula is C12H20N2O2.